The van der Waals surface area contributed by atoms with E-state index < -0.39 is 0 Å². The van der Waals surface area contributed by atoms with Gasteiger partial charge >= 0.3 is 5.97 Å². The molecule has 0 heterocycles. The molecule has 0 spiro atoms. The summed E-state index contributed by atoms with van der Waals surface area (Å²) in [5.74, 6) is 2.01. The molecule has 0 fully saturated rings. The van der Waals surface area contributed by atoms with E-state index in [0.29, 0.717) is 32.2 Å². The molecule has 5 nitrogen and oxygen atoms in total. The van der Waals surface area contributed by atoms with Crippen LogP contribution in [0.25, 0.3) is 0 Å². The second-order valence-corrected chi connectivity index (χ2v) is 8.19. The molecule has 2 atom stereocenters. The van der Waals surface area contributed by atoms with Crippen molar-refractivity contribution in [1.29, 1.82) is 0 Å². The number of carbonyl (C=O) groups is 1. The lowest BCUT2D eigenvalue weighted by atomic mass is 10.0. The summed E-state index contributed by atoms with van der Waals surface area (Å²) in [6.07, 6.45) is 9.88. The Morgan fingerprint density at radius 2 is 1.45 bits per heavy atom. The quantitative estimate of drug-likeness (QED) is 0.103. The highest BCUT2D eigenvalue weighted by molar-refractivity contribution is 5.69. The van der Waals surface area contributed by atoms with Crippen molar-refractivity contribution in [3.63, 3.8) is 0 Å². The van der Waals surface area contributed by atoms with Crippen LogP contribution in [-0.2, 0) is 23.7 Å². The van der Waals surface area contributed by atoms with Gasteiger partial charge in [0.2, 0.25) is 0 Å². The van der Waals surface area contributed by atoms with E-state index in [-0.39, 0.29) is 12.1 Å². The molecule has 0 N–H and O–H groups in total. The summed E-state index contributed by atoms with van der Waals surface area (Å²) in [7, 11) is 0. The molecule has 0 aromatic rings. The number of carbonyl (C=O) groups excluding carboxylic acids is 1. The predicted octanol–water partition coefficient (Wildman–Crippen LogP) is 6.96. The Hall–Kier alpha value is -1.49. The van der Waals surface area contributed by atoms with Crippen molar-refractivity contribution in [2.45, 2.75) is 104 Å². The summed E-state index contributed by atoms with van der Waals surface area (Å²) in [6.45, 7) is 18.8. The number of allylic oxidation sites excluding steroid dienone is 2. The number of esters is 1. The van der Waals surface area contributed by atoms with Gasteiger partial charge in [0.1, 0.15) is 6.61 Å². The number of rotatable bonds is 22. The maximum atomic E-state index is 11.9. The van der Waals surface area contributed by atoms with E-state index in [1.165, 1.54) is 0 Å². The number of unbranched alkanes of at least 4 members (excludes halogenated alkanes) is 1. The largest absolute Gasteiger partial charge is 0.499 e. The lowest BCUT2D eigenvalue weighted by molar-refractivity contribution is -0.145. The van der Waals surface area contributed by atoms with Crippen LogP contribution in [0, 0.1) is 5.92 Å². The Balaban J connectivity index is 3.79. The topological polar surface area (TPSA) is 54.0 Å². The van der Waals surface area contributed by atoms with Gasteiger partial charge in [0.15, 0.2) is 0 Å². The third-order valence-corrected chi connectivity index (χ3v) is 5.23. The summed E-state index contributed by atoms with van der Waals surface area (Å²) in [5, 5.41) is 0. The average Bonchev–Trinajstić information content (AvgIpc) is 2.76. The molecular weight excluding hydrogens is 392 g/mol. The minimum absolute atomic E-state index is 0.0471. The zero-order valence-electron chi connectivity index (χ0n) is 20.7. The van der Waals surface area contributed by atoms with E-state index in [9.17, 15) is 4.79 Å². The van der Waals surface area contributed by atoms with E-state index in [4.69, 9.17) is 18.9 Å². The van der Waals surface area contributed by atoms with E-state index in [0.717, 1.165) is 82.3 Å². The Kier molecular flexibility index (Phi) is 19.4. The fourth-order valence-electron chi connectivity index (χ4n) is 3.09. The van der Waals surface area contributed by atoms with Gasteiger partial charge in [-0.15, -0.1) is 0 Å². The van der Waals surface area contributed by atoms with E-state index in [1.54, 1.807) is 0 Å². The van der Waals surface area contributed by atoms with Gasteiger partial charge in [0, 0.05) is 25.9 Å². The zero-order chi connectivity index (χ0) is 23.3. The van der Waals surface area contributed by atoms with E-state index >= 15 is 0 Å². The van der Waals surface area contributed by atoms with E-state index in [2.05, 4.69) is 40.9 Å². The highest BCUT2D eigenvalue weighted by Gasteiger charge is 2.11. The predicted molar refractivity (Wildman–Crippen MR) is 128 cm³/mol. The standard InChI is InChI=1S/C26H48O5/c1-7-14-24(9-3)20-31-26(27)17-11-12-19-29-25(10-4)21-30-23(6)16-13-15-22(5)28-18-8-2/h24-25H,5-21H2,1-4H3. The summed E-state index contributed by atoms with van der Waals surface area (Å²) in [6, 6.07) is 0. The molecule has 182 valence electrons. The first-order valence-electron chi connectivity index (χ1n) is 12.3. The first-order valence-corrected chi connectivity index (χ1v) is 12.3. The van der Waals surface area contributed by atoms with Crippen LogP contribution >= 0.6 is 0 Å². The molecule has 0 saturated carbocycles. The molecular formula is C26H48O5. The van der Waals surface area contributed by atoms with Crippen LogP contribution in [0.3, 0.4) is 0 Å². The molecule has 0 aliphatic heterocycles. The molecule has 31 heavy (non-hydrogen) atoms. The Bertz CT molecular complexity index is 474. The number of ether oxygens (including phenoxy) is 4. The maximum absolute atomic E-state index is 11.9. The van der Waals surface area contributed by atoms with Crippen LogP contribution in [0.5, 0.6) is 0 Å². The third-order valence-electron chi connectivity index (χ3n) is 5.23. The van der Waals surface area contributed by atoms with Gasteiger partial charge in [-0.05, 0) is 44.4 Å². The van der Waals surface area contributed by atoms with Gasteiger partial charge in [-0.25, -0.2) is 0 Å². The van der Waals surface area contributed by atoms with Gasteiger partial charge in [-0.1, -0.05) is 53.7 Å². The molecule has 0 aliphatic rings. The molecule has 2 unspecified atom stereocenters. The molecule has 0 aromatic heterocycles. The van der Waals surface area contributed by atoms with Crippen LogP contribution < -0.4 is 0 Å². The monoisotopic (exact) mass is 440 g/mol. The van der Waals surface area contributed by atoms with Crippen LogP contribution in [-0.4, -0.2) is 38.5 Å². The lowest BCUT2D eigenvalue weighted by Gasteiger charge is -2.18. The summed E-state index contributed by atoms with van der Waals surface area (Å²) in [5.41, 5.74) is 0. The molecule has 0 amide bonds. The summed E-state index contributed by atoms with van der Waals surface area (Å²) < 4.78 is 22.6. The number of hydrogen-bond acceptors (Lipinski definition) is 5. The van der Waals surface area contributed by atoms with Gasteiger partial charge in [-0.2, -0.15) is 0 Å². The second-order valence-electron chi connectivity index (χ2n) is 8.19. The fourth-order valence-corrected chi connectivity index (χ4v) is 3.09. The van der Waals surface area contributed by atoms with E-state index in [1.807, 2.05) is 0 Å². The van der Waals surface area contributed by atoms with Gasteiger partial charge < -0.3 is 18.9 Å². The molecule has 0 bridgehead atoms. The first kappa shape index (κ1) is 29.5. The van der Waals surface area contributed by atoms with Gasteiger partial charge in [-0.3, -0.25) is 4.79 Å². The highest BCUT2D eigenvalue weighted by Crippen LogP contribution is 2.14. The highest BCUT2D eigenvalue weighted by atomic mass is 16.5. The smallest absolute Gasteiger partial charge is 0.305 e. The van der Waals surface area contributed by atoms with Crippen LogP contribution in [0.15, 0.2) is 24.7 Å². The summed E-state index contributed by atoms with van der Waals surface area (Å²) in [4.78, 5) is 11.9. The van der Waals surface area contributed by atoms with Crippen molar-refractivity contribution in [2.24, 2.45) is 5.92 Å². The van der Waals surface area contributed by atoms with Gasteiger partial charge in [0.05, 0.1) is 30.8 Å². The van der Waals surface area contributed by atoms with Crippen molar-refractivity contribution < 1.29 is 23.7 Å². The SMILES string of the molecule is C=C(CCCC(=C)OCC(CC)OCCCCC(=O)OCC(CC)CCC)OCCC. The maximum Gasteiger partial charge on any atom is 0.305 e. The van der Waals surface area contributed by atoms with Crippen LogP contribution in [0.4, 0.5) is 0 Å². The molecule has 0 aromatic carbocycles. The molecule has 0 rings (SSSR count). The van der Waals surface area contributed by atoms with Crippen LogP contribution in [0.1, 0.15) is 98.3 Å². The minimum atomic E-state index is -0.0935. The number of hydrogen-bond donors (Lipinski definition) is 0. The summed E-state index contributed by atoms with van der Waals surface area (Å²) >= 11 is 0. The van der Waals surface area contributed by atoms with Crippen molar-refractivity contribution in [3.05, 3.63) is 24.7 Å². The zero-order valence-corrected chi connectivity index (χ0v) is 20.7. The molecule has 0 radical (unpaired) electrons. The molecule has 0 saturated heterocycles. The van der Waals surface area contributed by atoms with Crippen molar-refractivity contribution in [3.8, 4) is 0 Å². The minimum Gasteiger partial charge on any atom is -0.499 e. The normalized spacial score (nSPS) is 12.8. The van der Waals surface area contributed by atoms with Crippen molar-refractivity contribution in [2.75, 3.05) is 26.4 Å². The molecule has 0 aliphatic carbocycles. The third kappa shape index (κ3) is 17.8. The Morgan fingerprint density at radius 3 is 2.06 bits per heavy atom. The van der Waals surface area contributed by atoms with Crippen molar-refractivity contribution >= 4 is 5.97 Å². The van der Waals surface area contributed by atoms with Crippen molar-refractivity contribution in [1.82, 2.24) is 0 Å². The van der Waals surface area contributed by atoms with Gasteiger partial charge in [0.25, 0.3) is 0 Å². The average molecular weight is 441 g/mol. The molecule has 5 heteroatoms. The Labute approximate surface area is 191 Å². The fraction of sp³-hybridized carbons (Fsp3) is 0.808. The lowest BCUT2D eigenvalue weighted by Crippen LogP contribution is -2.19. The van der Waals surface area contributed by atoms with Crippen LogP contribution in [0.2, 0.25) is 0 Å². The second kappa shape index (κ2) is 20.4. The first-order chi connectivity index (χ1) is 15.0. The Morgan fingerprint density at radius 1 is 0.742 bits per heavy atom.